The summed E-state index contributed by atoms with van der Waals surface area (Å²) in [4.78, 5) is 17.0. The van der Waals surface area contributed by atoms with Gasteiger partial charge in [0.15, 0.2) is 6.61 Å². The highest BCUT2D eigenvalue weighted by Gasteiger charge is 2.17. The Hall–Kier alpha value is -2.72. The third-order valence-electron chi connectivity index (χ3n) is 4.17. The number of nitrogens with one attached hydrogen (secondary N) is 1. The molecule has 3 aromatic rings. The van der Waals surface area contributed by atoms with Gasteiger partial charge in [-0.3, -0.25) is 9.79 Å². The molecule has 1 aliphatic rings. The highest BCUT2D eigenvalue weighted by atomic mass is 127. The lowest BCUT2D eigenvalue weighted by Gasteiger charge is -2.18. The Morgan fingerprint density at radius 1 is 1.31 bits per heavy atom. The highest BCUT2D eigenvalue weighted by molar-refractivity contribution is 14.1. The number of nitrogens with zero attached hydrogens (tertiary/aromatic N) is 3. The van der Waals surface area contributed by atoms with Crippen molar-refractivity contribution in [3.63, 3.8) is 0 Å². The summed E-state index contributed by atoms with van der Waals surface area (Å²) in [6.45, 7) is 4.28. The number of thiazole rings is 1. The van der Waals surface area contributed by atoms with Gasteiger partial charge in [-0.1, -0.05) is 24.3 Å². The van der Waals surface area contributed by atoms with E-state index >= 15 is 0 Å². The van der Waals surface area contributed by atoms with Gasteiger partial charge in [0.1, 0.15) is 5.75 Å². The molecule has 2 heterocycles. The third kappa shape index (κ3) is 4.33. The Kier molecular flexibility index (Phi) is 5.91. The van der Waals surface area contributed by atoms with Gasteiger partial charge in [0.05, 0.1) is 24.1 Å². The first-order valence-corrected chi connectivity index (χ1v) is 10.8. The maximum absolute atomic E-state index is 11.7. The van der Waals surface area contributed by atoms with Crippen molar-refractivity contribution < 1.29 is 9.53 Å². The number of ether oxygens (including phenoxy) is 1. The van der Waals surface area contributed by atoms with E-state index in [1.807, 2.05) is 58.7 Å². The fourth-order valence-electron chi connectivity index (χ4n) is 2.80. The number of fused-ring (bicyclic) bond motifs is 1. The van der Waals surface area contributed by atoms with Gasteiger partial charge in [0.25, 0.3) is 5.91 Å². The minimum Gasteiger partial charge on any atom is -0.482 e. The topological polar surface area (TPSA) is 68.0 Å². The fraction of sp³-hybridized carbons (Fsp3) is 0.0952. The van der Waals surface area contributed by atoms with Crippen molar-refractivity contribution in [2.24, 2.45) is 10.1 Å². The summed E-state index contributed by atoms with van der Waals surface area (Å²) in [6, 6.07) is 13.7. The molecule has 0 spiro atoms. The largest absolute Gasteiger partial charge is 0.482 e. The summed E-state index contributed by atoms with van der Waals surface area (Å²) in [5.74, 6) is 0.500. The molecule has 1 N–H and O–H groups in total. The van der Waals surface area contributed by atoms with E-state index in [2.05, 4.69) is 39.5 Å². The van der Waals surface area contributed by atoms with Crippen LogP contribution in [0.1, 0.15) is 5.56 Å². The lowest BCUT2D eigenvalue weighted by Crippen LogP contribution is -2.25. The number of halogens is 1. The molecule has 6 nitrogen and oxygen atoms in total. The van der Waals surface area contributed by atoms with E-state index in [1.165, 1.54) is 11.3 Å². The molecule has 146 valence electrons. The average Bonchev–Trinajstić information content (AvgIpc) is 3.13. The van der Waals surface area contributed by atoms with Crippen LogP contribution < -0.4 is 14.9 Å². The van der Waals surface area contributed by atoms with Gasteiger partial charge in [0.2, 0.25) is 4.80 Å². The van der Waals surface area contributed by atoms with E-state index in [1.54, 1.807) is 6.08 Å². The van der Waals surface area contributed by atoms with E-state index in [4.69, 9.17) is 9.84 Å². The maximum Gasteiger partial charge on any atom is 0.262 e. The molecule has 2 aromatic carbocycles. The lowest BCUT2D eigenvalue weighted by atomic mass is 10.1. The number of hydrogen-bond acceptors (Lipinski definition) is 5. The number of amides is 1. The van der Waals surface area contributed by atoms with Crippen molar-refractivity contribution in [2.75, 3.05) is 18.5 Å². The highest BCUT2D eigenvalue weighted by Crippen LogP contribution is 2.32. The fourth-order valence-corrected chi connectivity index (χ4v) is 4.18. The van der Waals surface area contributed by atoms with Gasteiger partial charge >= 0.3 is 0 Å². The standard InChI is InChI=1S/C21H17IN4O2S/c1-2-9-23-21-26(24-11-15-5-3-4-6-16(15)22)18(13-29-21)14-7-8-19-17(10-14)25-20(27)12-28-19/h2-8,10-11,13H,1,9,12H2,(H,25,27). The van der Waals surface area contributed by atoms with Crippen molar-refractivity contribution in [1.82, 2.24) is 4.68 Å². The van der Waals surface area contributed by atoms with Crippen LogP contribution in [-0.2, 0) is 4.79 Å². The SMILES string of the molecule is C=CCN=c1scc(-c2ccc3c(c2)NC(=O)CO3)n1N=Cc1ccccc1I. The second kappa shape index (κ2) is 8.75. The van der Waals surface area contributed by atoms with Gasteiger partial charge in [-0.15, -0.1) is 17.9 Å². The average molecular weight is 516 g/mol. The van der Waals surface area contributed by atoms with Crippen molar-refractivity contribution in [2.45, 2.75) is 0 Å². The van der Waals surface area contributed by atoms with Crippen LogP contribution in [0.25, 0.3) is 11.3 Å². The van der Waals surface area contributed by atoms with Crippen LogP contribution >= 0.6 is 33.9 Å². The molecule has 0 fully saturated rings. The van der Waals surface area contributed by atoms with E-state index < -0.39 is 0 Å². The van der Waals surface area contributed by atoms with E-state index in [0.717, 1.165) is 25.2 Å². The van der Waals surface area contributed by atoms with Crippen LogP contribution in [-0.4, -0.2) is 29.9 Å². The summed E-state index contributed by atoms with van der Waals surface area (Å²) in [6.07, 6.45) is 3.58. The van der Waals surface area contributed by atoms with Crippen LogP contribution in [0, 0.1) is 3.57 Å². The zero-order valence-corrected chi connectivity index (χ0v) is 18.3. The summed E-state index contributed by atoms with van der Waals surface area (Å²) < 4.78 is 8.38. The molecular weight excluding hydrogens is 499 g/mol. The van der Waals surface area contributed by atoms with Crippen molar-refractivity contribution in [1.29, 1.82) is 0 Å². The molecule has 0 radical (unpaired) electrons. The predicted molar refractivity (Wildman–Crippen MR) is 125 cm³/mol. The molecule has 1 aromatic heterocycles. The monoisotopic (exact) mass is 516 g/mol. The zero-order chi connectivity index (χ0) is 20.2. The Bertz CT molecular complexity index is 1180. The third-order valence-corrected chi connectivity index (χ3v) is 6.00. The molecule has 1 amide bonds. The first-order valence-electron chi connectivity index (χ1n) is 8.83. The minimum absolute atomic E-state index is 0.0371. The number of hydrogen-bond donors (Lipinski definition) is 1. The van der Waals surface area contributed by atoms with Crippen molar-refractivity contribution in [3.8, 4) is 17.0 Å². The predicted octanol–water partition coefficient (Wildman–Crippen LogP) is 4.12. The molecule has 0 atom stereocenters. The smallest absolute Gasteiger partial charge is 0.262 e. The van der Waals surface area contributed by atoms with Crippen molar-refractivity contribution in [3.05, 3.63) is 74.4 Å². The van der Waals surface area contributed by atoms with Crippen LogP contribution in [0.2, 0.25) is 0 Å². The number of aromatic nitrogens is 1. The van der Waals surface area contributed by atoms with Crippen molar-refractivity contribution >= 4 is 51.7 Å². The molecule has 0 unspecified atom stereocenters. The Morgan fingerprint density at radius 3 is 3.00 bits per heavy atom. The first kappa shape index (κ1) is 19.6. The molecular formula is C21H17IN4O2S. The molecule has 29 heavy (non-hydrogen) atoms. The number of anilines is 1. The van der Waals surface area contributed by atoms with E-state index in [0.29, 0.717) is 18.0 Å². The lowest BCUT2D eigenvalue weighted by molar-refractivity contribution is -0.118. The van der Waals surface area contributed by atoms with E-state index in [-0.39, 0.29) is 12.5 Å². The number of benzene rings is 2. The van der Waals surface area contributed by atoms with Gasteiger partial charge < -0.3 is 10.1 Å². The summed E-state index contributed by atoms with van der Waals surface area (Å²) in [5.41, 5.74) is 3.47. The minimum atomic E-state index is -0.161. The number of carbonyl (C=O) groups is 1. The summed E-state index contributed by atoms with van der Waals surface area (Å²) in [7, 11) is 0. The van der Waals surface area contributed by atoms with Crippen LogP contribution in [0.15, 0.2) is 70.6 Å². The molecule has 0 aliphatic carbocycles. The summed E-state index contributed by atoms with van der Waals surface area (Å²) >= 11 is 3.79. The second-order valence-corrected chi connectivity index (χ2v) is 8.16. The Labute approximate surface area is 185 Å². The molecule has 8 heteroatoms. The number of carbonyl (C=O) groups excluding carboxylic acids is 1. The maximum atomic E-state index is 11.7. The quantitative estimate of drug-likeness (QED) is 0.315. The second-order valence-electron chi connectivity index (χ2n) is 6.16. The number of rotatable bonds is 5. The van der Waals surface area contributed by atoms with Gasteiger partial charge in [0, 0.05) is 20.1 Å². The van der Waals surface area contributed by atoms with Gasteiger partial charge in [-0.05, 0) is 46.9 Å². The molecule has 0 saturated heterocycles. The first-order chi connectivity index (χ1) is 14.2. The van der Waals surface area contributed by atoms with E-state index in [9.17, 15) is 4.79 Å². The molecule has 0 saturated carbocycles. The van der Waals surface area contributed by atoms with Crippen LogP contribution in [0.5, 0.6) is 5.75 Å². The van der Waals surface area contributed by atoms with Gasteiger partial charge in [-0.2, -0.15) is 5.10 Å². The molecule has 4 rings (SSSR count). The zero-order valence-electron chi connectivity index (χ0n) is 15.3. The Balaban J connectivity index is 1.79. The molecule has 1 aliphatic heterocycles. The Morgan fingerprint density at radius 2 is 2.17 bits per heavy atom. The molecule has 0 bridgehead atoms. The van der Waals surface area contributed by atoms with Crippen LogP contribution in [0.4, 0.5) is 5.69 Å². The summed E-state index contributed by atoms with van der Waals surface area (Å²) in [5, 5.41) is 9.56. The van der Waals surface area contributed by atoms with Gasteiger partial charge in [-0.25, -0.2) is 4.68 Å². The normalized spacial score (nSPS) is 13.8. The van der Waals surface area contributed by atoms with Crippen LogP contribution in [0.3, 0.4) is 0 Å².